The van der Waals surface area contributed by atoms with E-state index in [9.17, 15) is 5.11 Å². The molecule has 3 N–H and O–H groups in total. The van der Waals surface area contributed by atoms with Crippen LogP contribution < -0.4 is 5.32 Å². The van der Waals surface area contributed by atoms with Crippen LogP contribution in [0.15, 0.2) is 5.51 Å². The van der Waals surface area contributed by atoms with Crippen LogP contribution in [0.3, 0.4) is 0 Å². The van der Waals surface area contributed by atoms with E-state index in [4.69, 9.17) is 9.84 Å². The second kappa shape index (κ2) is 11.2. The predicted octanol–water partition coefficient (Wildman–Crippen LogP) is 1.12. The van der Waals surface area contributed by atoms with Gasteiger partial charge < -0.3 is 20.3 Å². The van der Waals surface area contributed by atoms with Gasteiger partial charge in [-0.25, -0.2) is 4.98 Å². The molecule has 0 spiro atoms. The van der Waals surface area contributed by atoms with E-state index >= 15 is 0 Å². The Morgan fingerprint density at radius 2 is 2.25 bits per heavy atom. The molecule has 6 heteroatoms. The molecule has 1 rings (SSSR count). The lowest BCUT2D eigenvalue weighted by Crippen LogP contribution is -2.31. The molecule has 0 bridgehead atoms. The lowest BCUT2D eigenvalue weighted by atomic mass is 10.2. The summed E-state index contributed by atoms with van der Waals surface area (Å²) in [5.41, 5.74) is 2.92. The first-order valence-corrected chi connectivity index (χ1v) is 8.08. The Kier molecular flexibility index (Phi) is 9.78. The molecule has 1 heterocycles. The standard InChI is InChI=1S/C14H26N2O3S/c1-12-14(20-11-16-12)5-8-19-10-13(18)9-15-6-3-2-4-7-17/h11,13,15,17-18H,2-10H2,1H3. The van der Waals surface area contributed by atoms with Crippen LogP contribution in [0.2, 0.25) is 0 Å². The summed E-state index contributed by atoms with van der Waals surface area (Å²) in [4.78, 5) is 5.44. The third-order valence-corrected chi connectivity index (χ3v) is 4.02. The molecule has 0 aliphatic heterocycles. The number of aryl methyl sites for hydroxylation is 1. The fourth-order valence-corrected chi connectivity index (χ4v) is 2.58. The molecule has 1 aromatic heterocycles. The summed E-state index contributed by atoms with van der Waals surface area (Å²) in [6.45, 7) is 4.67. The van der Waals surface area contributed by atoms with Gasteiger partial charge in [-0.15, -0.1) is 11.3 Å². The van der Waals surface area contributed by atoms with Gasteiger partial charge in [-0.2, -0.15) is 0 Å². The lowest BCUT2D eigenvalue weighted by molar-refractivity contribution is 0.0385. The number of ether oxygens (including phenoxy) is 1. The molecule has 0 aromatic carbocycles. The molecular weight excluding hydrogens is 276 g/mol. The van der Waals surface area contributed by atoms with E-state index in [1.54, 1.807) is 11.3 Å². The van der Waals surface area contributed by atoms with Crippen molar-refractivity contribution in [2.45, 2.75) is 38.7 Å². The van der Waals surface area contributed by atoms with Gasteiger partial charge in [0.15, 0.2) is 0 Å². The maximum atomic E-state index is 9.73. The van der Waals surface area contributed by atoms with Gasteiger partial charge in [-0.3, -0.25) is 0 Å². The van der Waals surface area contributed by atoms with E-state index in [0.717, 1.165) is 37.9 Å². The summed E-state index contributed by atoms with van der Waals surface area (Å²) in [6, 6.07) is 0. The normalized spacial score (nSPS) is 12.8. The minimum Gasteiger partial charge on any atom is -0.396 e. The van der Waals surface area contributed by atoms with E-state index < -0.39 is 6.10 Å². The fraction of sp³-hybridized carbons (Fsp3) is 0.786. The van der Waals surface area contributed by atoms with Crippen molar-refractivity contribution in [1.29, 1.82) is 0 Å². The number of aliphatic hydroxyl groups is 2. The van der Waals surface area contributed by atoms with Gasteiger partial charge in [0.1, 0.15) is 0 Å². The zero-order valence-corrected chi connectivity index (χ0v) is 13.0. The second-order valence-corrected chi connectivity index (χ2v) is 5.77. The van der Waals surface area contributed by atoms with Crippen LogP contribution in [0, 0.1) is 6.92 Å². The maximum absolute atomic E-state index is 9.73. The number of hydrogen-bond acceptors (Lipinski definition) is 6. The van der Waals surface area contributed by atoms with Gasteiger partial charge in [0.25, 0.3) is 0 Å². The van der Waals surface area contributed by atoms with Gasteiger partial charge in [0.2, 0.25) is 0 Å². The topological polar surface area (TPSA) is 74.6 Å². The van der Waals surface area contributed by atoms with Crippen LogP contribution in [0.4, 0.5) is 0 Å². The van der Waals surface area contributed by atoms with Crippen LogP contribution in [-0.4, -0.2) is 54.2 Å². The Hall–Kier alpha value is -0.530. The highest BCUT2D eigenvalue weighted by atomic mass is 32.1. The Labute approximate surface area is 125 Å². The quantitative estimate of drug-likeness (QED) is 0.505. The first-order chi connectivity index (χ1) is 9.74. The molecule has 5 nitrogen and oxygen atoms in total. The maximum Gasteiger partial charge on any atom is 0.0897 e. The van der Waals surface area contributed by atoms with E-state index in [1.807, 2.05) is 12.4 Å². The Morgan fingerprint density at radius 3 is 2.95 bits per heavy atom. The first kappa shape index (κ1) is 17.5. The SMILES string of the molecule is Cc1ncsc1CCOCC(O)CNCCCCCO. The van der Waals surface area contributed by atoms with Crippen molar-refractivity contribution < 1.29 is 14.9 Å². The van der Waals surface area contributed by atoms with Crippen molar-refractivity contribution >= 4 is 11.3 Å². The number of aromatic nitrogens is 1. The summed E-state index contributed by atoms with van der Waals surface area (Å²) >= 11 is 1.65. The average molecular weight is 302 g/mol. The van der Waals surface area contributed by atoms with Crippen molar-refractivity contribution in [3.8, 4) is 0 Å². The molecule has 0 fully saturated rings. The molecule has 1 unspecified atom stereocenters. The van der Waals surface area contributed by atoms with Crippen molar-refractivity contribution in [2.24, 2.45) is 0 Å². The van der Waals surface area contributed by atoms with Crippen LogP contribution in [0.5, 0.6) is 0 Å². The highest BCUT2D eigenvalue weighted by molar-refractivity contribution is 7.09. The Bertz CT molecular complexity index is 347. The molecule has 1 atom stereocenters. The largest absolute Gasteiger partial charge is 0.396 e. The molecule has 116 valence electrons. The highest BCUT2D eigenvalue weighted by Gasteiger charge is 2.05. The molecule has 0 saturated carbocycles. The highest BCUT2D eigenvalue weighted by Crippen LogP contribution is 2.12. The van der Waals surface area contributed by atoms with Crippen molar-refractivity contribution in [3.63, 3.8) is 0 Å². The monoisotopic (exact) mass is 302 g/mol. The zero-order valence-electron chi connectivity index (χ0n) is 12.2. The smallest absolute Gasteiger partial charge is 0.0897 e. The van der Waals surface area contributed by atoms with E-state index in [0.29, 0.717) is 19.8 Å². The molecule has 20 heavy (non-hydrogen) atoms. The van der Waals surface area contributed by atoms with Gasteiger partial charge in [0, 0.05) is 24.4 Å². The van der Waals surface area contributed by atoms with Crippen molar-refractivity contribution in [1.82, 2.24) is 10.3 Å². The zero-order chi connectivity index (χ0) is 14.6. The second-order valence-electron chi connectivity index (χ2n) is 4.83. The molecule has 0 aliphatic carbocycles. The lowest BCUT2D eigenvalue weighted by Gasteiger charge is -2.12. The molecule has 0 radical (unpaired) electrons. The molecule has 0 saturated heterocycles. The summed E-state index contributed by atoms with van der Waals surface area (Å²) in [5, 5.41) is 21.6. The number of aliphatic hydroxyl groups excluding tert-OH is 2. The predicted molar refractivity (Wildman–Crippen MR) is 81.2 cm³/mol. The number of hydrogen-bond donors (Lipinski definition) is 3. The molecule has 0 amide bonds. The van der Waals surface area contributed by atoms with Gasteiger partial charge >= 0.3 is 0 Å². The van der Waals surface area contributed by atoms with E-state index in [-0.39, 0.29) is 6.61 Å². The van der Waals surface area contributed by atoms with Crippen LogP contribution in [0.1, 0.15) is 29.8 Å². The van der Waals surface area contributed by atoms with Gasteiger partial charge in [0.05, 0.1) is 30.5 Å². The van der Waals surface area contributed by atoms with E-state index in [2.05, 4.69) is 10.3 Å². The minimum atomic E-state index is -0.463. The fourth-order valence-electron chi connectivity index (χ4n) is 1.82. The van der Waals surface area contributed by atoms with Crippen LogP contribution in [-0.2, 0) is 11.2 Å². The molecule has 0 aliphatic rings. The van der Waals surface area contributed by atoms with Crippen molar-refractivity contribution in [2.75, 3.05) is 32.9 Å². The van der Waals surface area contributed by atoms with Gasteiger partial charge in [-0.05, 0) is 32.7 Å². The summed E-state index contributed by atoms with van der Waals surface area (Å²) < 4.78 is 5.48. The average Bonchev–Trinajstić information content (AvgIpc) is 2.84. The van der Waals surface area contributed by atoms with E-state index in [1.165, 1.54) is 4.88 Å². The summed E-state index contributed by atoms with van der Waals surface area (Å²) in [5.74, 6) is 0. The third kappa shape index (κ3) is 7.91. The van der Waals surface area contributed by atoms with Gasteiger partial charge in [-0.1, -0.05) is 0 Å². The number of nitrogens with zero attached hydrogens (tertiary/aromatic N) is 1. The molecule has 1 aromatic rings. The van der Waals surface area contributed by atoms with Crippen molar-refractivity contribution in [3.05, 3.63) is 16.1 Å². The summed E-state index contributed by atoms with van der Waals surface area (Å²) in [7, 11) is 0. The summed E-state index contributed by atoms with van der Waals surface area (Å²) in [6.07, 6.45) is 3.29. The number of thiazole rings is 1. The minimum absolute atomic E-state index is 0.260. The molecular formula is C14H26N2O3S. The third-order valence-electron chi connectivity index (χ3n) is 3.02. The number of rotatable bonds is 12. The Morgan fingerprint density at radius 1 is 1.40 bits per heavy atom. The first-order valence-electron chi connectivity index (χ1n) is 7.20. The Balaban J connectivity index is 1.92. The number of unbranched alkanes of at least 4 members (excludes halogenated alkanes) is 2. The van der Waals surface area contributed by atoms with Crippen LogP contribution >= 0.6 is 11.3 Å². The number of nitrogens with one attached hydrogen (secondary N) is 1. The van der Waals surface area contributed by atoms with Crippen LogP contribution in [0.25, 0.3) is 0 Å².